The Morgan fingerprint density at radius 2 is 2.05 bits per heavy atom. The van der Waals surface area contributed by atoms with E-state index in [0.29, 0.717) is 22.3 Å². The molecule has 0 saturated heterocycles. The zero-order chi connectivity index (χ0) is 14.1. The van der Waals surface area contributed by atoms with Gasteiger partial charge in [-0.15, -0.1) is 0 Å². The second-order valence-corrected chi connectivity index (χ2v) is 6.26. The maximum absolute atomic E-state index is 12.2. The number of aromatic nitrogens is 1. The fourth-order valence-electron chi connectivity index (χ4n) is 2.83. The van der Waals surface area contributed by atoms with Crippen LogP contribution in [0.3, 0.4) is 0 Å². The first-order valence-electron chi connectivity index (χ1n) is 7.30. The number of carbonyl (C=O) groups is 1. The number of carbonyl (C=O) groups excluding carboxylic acids is 1. The molecule has 0 spiro atoms. The van der Waals surface area contributed by atoms with E-state index in [1.807, 2.05) is 0 Å². The molecule has 1 amide bonds. The van der Waals surface area contributed by atoms with Crippen LogP contribution in [-0.4, -0.2) is 24.5 Å². The summed E-state index contributed by atoms with van der Waals surface area (Å²) >= 11 is 6.05. The minimum Gasteiger partial charge on any atom is -0.372 e. The summed E-state index contributed by atoms with van der Waals surface area (Å²) in [6.07, 6.45) is 6.90. The van der Waals surface area contributed by atoms with Crippen molar-refractivity contribution in [3.05, 3.63) is 22.8 Å². The molecule has 5 heteroatoms. The van der Waals surface area contributed by atoms with E-state index in [0.717, 1.165) is 18.4 Å². The van der Waals surface area contributed by atoms with E-state index >= 15 is 0 Å². The van der Waals surface area contributed by atoms with E-state index < -0.39 is 0 Å². The van der Waals surface area contributed by atoms with Gasteiger partial charge in [-0.25, -0.2) is 4.98 Å². The van der Waals surface area contributed by atoms with Gasteiger partial charge >= 0.3 is 0 Å². The number of nitrogens with zero attached hydrogens (tertiary/aromatic N) is 1. The Morgan fingerprint density at radius 3 is 2.55 bits per heavy atom. The molecule has 1 aromatic heterocycles. The number of amides is 1. The van der Waals surface area contributed by atoms with Gasteiger partial charge < -0.3 is 10.6 Å². The molecule has 2 aliphatic carbocycles. The molecule has 0 bridgehead atoms. The van der Waals surface area contributed by atoms with Gasteiger partial charge in [0.05, 0.1) is 10.6 Å². The molecular weight excluding hydrogens is 274 g/mol. The molecule has 0 aromatic carbocycles. The van der Waals surface area contributed by atoms with Crippen LogP contribution in [0.5, 0.6) is 0 Å². The van der Waals surface area contributed by atoms with Crippen LogP contribution in [0.2, 0.25) is 5.02 Å². The summed E-state index contributed by atoms with van der Waals surface area (Å²) in [5.74, 6) is 2.89. The van der Waals surface area contributed by atoms with Crippen LogP contribution < -0.4 is 10.6 Å². The van der Waals surface area contributed by atoms with Crippen molar-refractivity contribution in [1.82, 2.24) is 10.3 Å². The summed E-state index contributed by atoms with van der Waals surface area (Å²) in [4.78, 5) is 16.3. The number of nitrogens with one attached hydrogen (secondary N) is 2. The molecule has 20 heavy (non-hydrogen) atoms. The Balaban J connectivity index is 1.59. The van der Waals surface area contributed by atoms with Crippen molar-refractivity contribution in [3.8, 4) is 0 Å². The van der Waals surface area contributed by atoms with E-state index in [4.69, 9.17) is 11.6 Å². The third kappa shape index (κ3) is 3.06. The first-order valence-corrected chi connectivity index (χ1v) is 7.68. The largest absolute Gasteiger partial charge is 0.372 e. The van der Waals surface area contributed by atoms with Crippen LogP contribution in [0.4, 0.5) is 5.82 Å². The molecule has 3 rings (SSSR count). The second-order valence-electron chi connectivity index (χ2n) is 5.85. The smallest absolute Gasteiger partial charge is 0.252 e. The van der Waals surface area contributed by atoms with Crippen molar-refractivity contribution in [1.29, 1.82) is 0 Å². The van der Waals surface area contributed by atoms with E-state index in [1.54, 1.807) is 19.3 Å². The lowest BCUT2D eigenvalue weighted by Crippen LogP contribution is -2.31. The molecule has 2 N–H and O–H groups in total. The lowest BCUT2D eigenvalue weighted by molar-refractivity contribution is 0.0943. The molecule has 0 radical (unpaired) electrons. The minimum absolute atomic E-state index is 0.0756. The topological polar surface area (TPSA) is 54.0 Å². The Bertz CT molecular complexity index is 500. The van der Waals surface area contributed by atoms with Gasteiger partial charge in [0.2, 0.25) is 0 Å². The first kappa shape index (κ1) is 13.7. The van der Waals surface area contributed by atoms with Crippen molar-refractivity contribution in [2.24, 2.45) is 17.8 Å². The van der Waals surface area contributed by atoms with Crippen LogP contribution in [0, 0.1) is 17.8 Å². The number of anilines is 1. The van der Waals surface area contributed by atoms with Gasteiger partial charge in [-0.1, -0.05) is 11.6 Å². The zero-order valence-corrected chi connectivity index (χ0v) is 12.4. The van der Waals surface area contributed by atoms with Gasteiger partial charge in [0.15, 0.2) is 0 Å². The van der Waals surface area contributed by atoms with E-state index in [9.17, 15) is 4.79 Å². The first-order chi connectivity index (χ1) is 9.69. The summed E-state index contributed by atoms with van der Waals surface area (Å²) in [6, 6.07) is 1.67. The summed E-state index contributed by atoms with van der Waals surface area (Å²) in [7, 11) is 1.75. The monoisotopic (exact) mass is 293 g/mol. The minimum atomic E-state index is -0.0756. The number of rotatable bonds is 6. The highest BCUT2D eigenvalue weighted by Gasteiger charge is 2.41. The van der Waals surface area contributed by atoms with Crippen LogP contribution in [0.25, 0.3) is 0 Å². The van der Waals surface area contributed by atoms with Gasteiger partial charge in [0, 0.05) is 19.8 Å². The number of halogens is 1. The highest BCUT2D eigenvalue weighted by Crippen LogP contribution is 2.48. The van der Waals surface area contributed by atoms with Crippen molar-refractivity contribution in [2.75, 3.05) is 18.9 Å². The van der Waals surface area contributed by atoms with Crippen molar-refractivity contribution in [2.45, 2.75) is 25.7 Å². The van der Waals surface area contributed by atoms with Crippen LogP contribution >= 0.6 is 11.6 Å². The summed E-state index contributed by atoms with van der Waals surface area (Å²) in [6.45, 7) is 0.791. The molecule has 1 heterocycles. The predicted octanol–water partition coefficient (Wildman–Crippen LogP) is 2.94. The van der Waals surface area contributed by atoms with Gasteiger partial charge in [-0.2, -0.15) is 0 Å². The summed E-state index contributed by atoms with van der Waals surface area (Å²) in [5, 5.41) is 6.40. The summed E-state index contributed by atoms with van der Waals surface area (Å²) in [5.41, 5.74) is 0.527. The average Bonchev–Trinajstić information content (AvgIpc) is 3.31. The molecule has 2 fully saturated rings. The van der Waals surface area contributed by atoms with Crippen molar-refractivity contribution >= 4 is 23.3 Å². The van der Waals surface area contributed by atoms with Gasteiger partial charge in [-0.05, 0) is 49.5 Å². The fraction of sp³-hybridized carbons (Fsp3) is 0.600. The Labute approximate surface area is 124 Å². The third-order valence-corrected chi connectivity index (χ3v) is 4.58. The second kappa shape index (κ2) is 5.60. The summed E-state index contributed by atoms with van der Waals surface area (Å²) < 4.78 is 0. The van der Waals surface area contributed by atoms with Crippen LogP contribution in [0.15, 0.2) is 12.3 Å². The molecule has 1 aromatic rings. The van der Waals surface area contributed by atoms with Crippen molar-refractivity contribution < 1.29 is 4.79 Å². The Hall–Kier alpha value is -1.29. The standard InChI is InChI=1S/C15H20ClN3O/c1-17-14-13(16)6-11(7-18-14)15(20)19-8-12(9-2-3-9)10-4-5-10/h6-7,9-10,12H,2-5,8H2,1H3,(H,17,18)(H,19,20). The zero-order valence-electron chi connectivity index (χ0n) is 11.7. The third-order valence-electron chi connectivity index (χ3n) is 4.29. The quantitative estimate of drug-likeness (QED) is 0.848. The number of hydrogen-bond acceptors (Lipinski definition) is 3. The molecule has 0 atom stereocenters. The molecule has 108 valence electrons. The van der Waals surface area contributed by atoms with E-state index in [2.05, 4.69) is 15.6 Å². The van der Waals surface area contributed by atoms with Gasteiger partial charge in [0.25, 0.3) is 5.91 Å². The normalized spacial score (nSPS) is 18.1. The molecule has 0 unspecified atom stereocenters. The fourth-order valence-corrected chi connectivity index (χ4v) is 3.09. The molecule has 2 aliphatic rings. The molecular formula is C15H20ClN3O. The van der Waals surface area contributed by atoms with E-state index in [1.165, 1.54) is 25.7 Å². The average molecular weight is 294 g/mol. The molecule has 0 aliphatic heterocycles. The molecule has 2 saturated carbocycles. The van der Waals surface area contributed by atoms with Gasteiger partial charge in [0.1, 0.15) is 5.82 Å². The maximum atomic E-state index is 12.2. The SMILES string of the molecule is CNc1ncc(C(=O)NCC(C2CC2)C2CC2)cc1Cl. The Kier molecular flexibility index (Phi) is 3.83. The number of hydrogen-bond donors (Lipinski definition) is 2. The molecule has 4 nitrogen and oxygen atoms in total. The van der Waals surface area contributed by atoms with Crippen LogP contribution in [-0.2, 0) is 0 Å². The van der Waals surface area contributed by atoms with E-state index in [-0.39, 0.29) is 5.91 Å². The highest BCUT2D eigenvalue weighted by molar-refractivity contribution is 6.33. The predicted molar refractivity (Wildman–Crippen MR) is 80.1 cm³/mol. The highest BCUT2D eigenvalue weighted by atomic mass is 35.5. The number of pyridine rings is 1. The Morgan fingerprint density at radius 1 is 1.40 bits per heavy atom. The van der Waals surface area contributed by atoms with Crippen LogP contribution in [0.1, 0.15) is 36.0 Å². The maximum Gasteiger partial charge on any atom is 0.252 e. The van der Waals surface area contributed by atoms with Gasteiger partial charge in [-0.3, -0.25) is 4.79 Å². The van der Waals surface area contributed by atoms with Crippen molar-refractivity contribution in [3.63, 3.8) is 0 Å². The lowest BCUT2D eigenvalue weighted by atomic mass is 9.98. The lowest BCUT2D eigenvalue weighted by Gasteiger charge is -2.16.